The fourth-order valence-corrected chi connectivity index (χ4v) is 2.73. The van der Waals surface area contributed by atoms with Crippen molar-refractivity contribution in [3.63, 3.8) is 0 Å². The molecule has 0 atom stereocenters. The van der Waals surface area contributed by atoms with Gasteiger partial charge < -0.3 is 9.64 Å². The minimum atomic E-state index is 0.725. The topological polar surface area (TPSA) is 25.4 Å². The maximum absolute atomic E-state index is 5.39. The van der Waals surface area contributed by atoms with Crippen LogP contribution in [0.4, 0.5) is 5.82 Å². The lowest BCUT2D eigenvalue weighted by Gasteiger charge is -2.28. The number of hydrogen-bond acceptors (Lipinski definition) is 3. The molecule has 1 aromatic rings. The molecule has 0 saturated carbocycles. The van der Waals surface area contributed by atoms with E-state index in [-0.39, 0.29) is 0 Å². The van der Waals surface area contributed by atoms with Crippen molar-refractivity contribution in [2.24, 2.45) is 5.92 Å². The number of nitrogens with zero attached hydrogens (tertiary/aromatic N) is 2. The fourth-order valence-electron chi connectivity index (χ4n) is 2.19. The van der Waals surface area contributed by atoms with E-state index < -0.39 is 0 Å². The molecule has 0 N–H and O–H groups in total. The molecule has 94 valence electrons. The van der Waals surface area contributed by atoms with Crippen LogP contribution >= 0.6 is 15.9 Å². The maximum atomic E-state index is 5.39. The normalized spacial score (nSPS) is 17.1. The highest BCUT2D eigenvalue weighted by molar-refractivity contribution is 9.10. The van der Waals surface area contributed by atoms with Crippen LogP contribution < -0.4 is 4.90 Å². The van der Waals surface area contributed by atoms with Gasteiger partial charge in [-0.15, -0.1) is 0 Å². The molecule has 0 amide bonds. The molecule has 2 heterocycles. The molecule has 1 aliphatic rings. The van der Waals surface area contributed by atoms with Crippen LogP contribution in [0.1, 0.15) is 18.4 Å². The highest BCUT2D eigenvalue weighted by Gasteiger charge is 2.18. The van der Waals surface area contributed by atoms with E-state index in [4.69, 9.17) is 4.74 Å². The Morgan fingerprint density at radius 1 is 1.47 bits per heavy atom. The minimum absolute atomic E-state index is 0.725. The molecular weight excluding hydrogens is 280 g/mol. The molecule has 0 bridgehead atoms. The van der Waals surface area contributed by atoms with E-state index in [0.29, 0.717) is 0 Å². The minimum Gasteiger partial charge on any atom is -0.381 e. The number of pyridine rings is 1. The standard InChI is InChI=1S/C13H19BrN2O/c1-10-3-6-15-13(12(10)14)16(2)9-11-4-7-17-8-5-11/h3,6,11H,4-5,7-9H2,1-2H3. The molecule has 1 aromatic heterocycles. The third kappa shape index (κ3) is 3.19. The van der Waals surface area contributed by atoms with E-state index >= 15 is 0 Å². The van der Waals surface area contributed by atoms with Gasteiger partial charge in [0.05, 0.1) is 4.47 Å². The number of aromatic nitrogens is 1. The maximum Gasteiger partial charge on any atom is 0.142 e. The third-order valence-electron chi connectivity index (χ3n) is 3.30. The Morgan fingerprint density at radius 3 is 2.88 bits per heavy atom. The van der Waals surface area contributed by atoms with E-state index in [0.717, 1.165) is 48.8 Å². The first kappa shape index (κ1) is 12.8. The Bertz CT molecular complexity index is 378. The fraction of sp³-hybridized carbons (Fsp3) is 0.615. The van der Waals surface area contributed by atoms with Gasteiger partial charge in [-0.2, -0.15) is 0 Å². The lowest BCUT2D eigenvalue weighted by molar-refractivity contribution is 0.0685. The Balaban J connectivity index is 2.03. The Morgan fingerprint density at radius 2 is 2.18 bits per heavy atom. The Labute approximate surface area is 111 Å². The van der Waals surface area contributed by atoms with Crippen molar-refractivity contribution in [1.29, 1.82) is 0 Å². The van der Waals surface area contributed by atoms with E-state index in [1.54, 1.807) is 0 Å². The van der Waals surface area contributed by atoms with Crippen molar-refractivity contribution in [2.75, 3.05) is 31.7 Å². The van der Waals surface area contributed by atoms with Crippen LogP contribution in [-0.4, -0.2) is 31.8 Å². The molecule has 0 aliphatic carbocycles. The molecule has 0 radical (unpaired) electrons. The summed E-state index contributed by atoms with van der Waals surface area (Å²) >= 11 is 3.62. The van der Waals surface area contributed by atoms with Gasteiger partial charge in [-0.3, -0.25) is 0 Å². The van der Waals surface area contributed by atoms with E-state index in [1.165, 1.54) is 5.56 Å². The molecule has 2 rings (SSSR count). The smallest absolute Gasteiger partial charge is 0.142 e. The van der Waals surface area contributed by atoms with Gasteiger partial charge in [0, 0.05) is 33.0 Å². The zero-order chi connectivity index (χ0) is 12.3. The highest BCUT2D eigenvalue weighted by Crippen LogP contribution is 2.27. The largest absolute Gasteiger partial charge is 0.381 e. The molecule has 0 spiro atoms. The molecule has 3 nitrogen and oxygen atoms in total. The first-order valence-electron chi connectivity index (χ1n) is 6.08. The Hall–Kier alpha value is -0.610. The summed E-state index contributed by atoms with van der Waals surface area (Å²) in [6.45, 7) is 4.96. The lowest BCUT2D eigenvalue weighted by atomic mass is 10.00. The zero-order valence-corrected chi connectivity index (χ0v) is 12.0. The number of ether oxygens (including phenoxy) is 1. The molecule has 1 aliphatic heterocycles. The van der Waals surface area contributed by atoms with Gasteiger partial charge in [-0.25, -0.2) is 4.98 Å². The van der Waals surface area contributed by atoms with Crippen molar-refractivity contribution in [3.8, 4) is 0 Å². The van der Waals surface area contributed by atoms with Gasteiger partial charge in [0.25, 0.3) is 0 Å². The summed E-state index contributed by atoms with van der Waals surface area (Å²) in [4.78, 5) is 6.70. The van der Waals surface area contributed by atoms with Crippen molar-refractivity contribution in [2.45, 2.75) is 19.8 Å². The van der Waals surface area contributed by atoms with Crippen LogP contribution in [0.5, 0.6) is 0 Å². The van der Waals surface area contributed by atoms with Crippen LogP contribution in [0.25, 0.3) is 0 Å². The molecule has 0 unspecified atom stereocenters. The molecule has 1 saturated heterocycles. The van der Waals surface area contributed by atoms with Crippen molar-refractivity contribution < 1.29 is 4.74 Å². The highest BCUT2D eigenvalue weighted by atomic mass is 79.9. The SMILES string of the molecule is Cc1ccnc(N(C)CC2CCOCC2)c1Br. The summed E-state index contributed by atoms with van der Waals surface area (Å²) in [6.07, 6.45) is 4.19. The predicted octanol–water partition coefficient (Wildman–Crippen LogP) is 3.02. The average Bonchev–Trinajstić information content (AvgIpc) is 2.34. The number of anilines is 1. The van der Waals surface area contributed by atoms with E-state index in [9.17, 15) is 0 Å². The molecule has 0 aromatic carbocycles. The number of halogens is 1. The van der Waals surface area contributed by atoms with Crippen LogP contribution in [-0.2, 0) is 4.74 Å². The van der Waals surface area contributed by atoms with Crippen LogP contribution in [0.15, 0.2) is 16.7 Å². The summed E-state index contributed by atoms with van der Waals surface area (Å²) in [5, 5.41) is 0. The second-order valence-corrected chi connectivity index (χ2v) is 5.49. The number of aryl methyl sites for hydroxylation is 1. The van der Waals surface area contributed by atoms with Gasteiger partial charge in [-0.05, 0) is 53.2 Å². The van der Waals surface area contributed by atoms with Crippen molar-refractivity contribution in [3.05, 3.63) is 22.3 Å². The third-order valence-corrected chi connectivity index (χ3v) is 4.28. The van der Waals surface area contributed by atoms with Crippen LogP contribution in [0.3, 0.4) is 0 Å². The molecule has 17 heavy (non-hydrogen) atoms. The lowest BCUT2D eigenvalue weighted by Crippen LogP contribution is -2.30. The predicted molar refractivity (Wildman–Crippen MR) is 73.5 cm³/mol. The quantitative estimate of drug-likeness (QED) is 0.858. The number of rotatable bonds is 3. The van der Waals surface area contributed by atoms with Crippen LogP contribution in [0, 0.1) is 12.8 Å². The van der Waals surface area contributed by atoms with Gasteiger partial charge in [-0.1, -0.05) is 0 Å². The second-order valence-electron chi connectivity index (χ2n) is 4.70. The second kappa shape index (κ2) is 5.83. The van der Waals surface area contributed by atoms with Gasteiger partial charge >= 0.3 is 0 Å². The zero-order valence-electron chi connectivity index (χ0n) is 10.4. The number of hydrogen-bond donors (Lipinski definition) is 0. The van der Waals surface area contributed by atoms with Crippen molar-refractivity contribution in [1.82, 2.24) is 4.98 Å². The van der Waals surface area contributed by atoms with E-state index in [2.05, 4.69) is 39.8 Å². The molecule has 1 fully saturated rings. The van der Waals surface area contributed by atoms with Crippen molar-refractivity contribution >= 4 is 21.7 Å². The summed E-state index contributed by atoms with van der Waals surface area (Å²) in [5.74, 6) is 1.76. The Kier molecular flexibility index (Phi) is 4.40. The first-order chi connectivity index (χ1) is 8.18. The summed E-state index contributed by atoms with van der Waals surface area (Å²) < 4.78 is 6.49. The summed E-state index contributed by atoms with van der Waals surface area (Å²) in [5.41, 5.74) is 1.23. The average molecular weight is 299 g/mol. The summed E-state index contributed by atoms with van der Waals surface area (Å²) in [7, 11) is 2.11. The summed E-state index contributed by atoms with van der Waals surface area (Å²) in [6, 6.07) is 2.02. The van der Waals surface area contributed by atoms with Gasteiger partial charge in [0.1, 0.15) is 5.82 Å². The van der Waals surface area contributed by atoms with Crippen LogP contribution in [0.2, 0.25) is 0 Å². The van der Waals surface area contributed by atoms with Gasteiger partial charge in [0.15, 0.2) is 0 Å². The van der Waals surface area contributed by atoms with E-state index in [1.807, 2.05) is 12.3 Å². The van der Waals surface area contributed by atoms with Gasteiger partial charge in [0.2, 0.25) is 0 Å². The first-order valence-corrected chi connectivity index (χ1v) is 6.87. The molecule has 4 heteroatoms. The monoisotopic (exact) mass is 298 g/mol. The molecular formula is C13H19BrN2O.